The van der Waals surface area contributed by atoms with Gasteiger partial charge in [-0.25, -0.2) is 4.39 Å². The summed E-state index contributed by atoms with van der Waals surface area (Å²) in [7, 11) is 0. The third kappa shape index (κ3) is 5.15. The van der Waals surface area contributed by atoms with Crippen molar-refractivity contribution in [1.29, 1.82) is 0 Å². The fourth-order valence-electron chi connectivity index (χ4n) is 4.37. The van der Waals surface area contributed by atoms with Crippen LogP contribution >= 0.6 is 11.6 Å². The zero-order valence-corrected chi connectivity index (χ0v) is 20.1. The van der Waals surface area contributed by atoms with Crippen LogP contribution in [0.25, 0.3) is 0 Å². The molecule has 2 N–H and O–H groups in total. The molecular weight excluding hydrogens is 487 g/mol. The van der Waals surface area contributed by atoms with Crippen LogP contribution in [0.4, 0.5) is 10.1 Å². The Bertz CT molecular complexity index is 1260. The predicted octanol–water partition coefficient (Wildman–Crippen LogP) is 5.06. The second kappa shape index (κ2) is 10.2. The smallest absolute Gasteiger partial charge is 0.309 e. The first-order chi connectivity index (χ1) is 17.4. The molecule has 3 aromatic carbocycles. The van der Waals surface area contributed by atoms with Crippen LogP contribution in [0.5, 0.6) is 11.5 Å². The number of halogens is 2. The first-order valence-electron chi connectivity index (χ1n) is 11.6. The second-order valence-electron chi connectivity index (χ2n) is 8.63. The molecular formula is C27H24ClFN2O5. The Labute approximate surface area is 212 Å². The number of hydrogen-bond donors (Lipinski definition) is 2. The van der Waals surface area contributed by atoms with Crippen LogP contribution in [0.15, 0.2) is 60.7 Å². The van der Waals surface area contributed by atoms with Gasteiger partial charge in [0.1, 0.15) is 17.3 Å². The summed E-state index contributed by atoms with van der Waals surface area (Å²) in [6, 6.07) is 16.8. The van der Waals surface area contributed by atoms with E-state index in [4.69, 9.17) is 25.8 Å². The molecule has 0 aliphatic carbocycles. The molecule has 1 fully saturated rings. The number of rotatable bonds is 5. The summed E-state index contributed by atoms with van der Waals surface area (Å²) < 4.78 is 30.2. The Morgan fingerprint density at radius 3 is 2.22 bits per heavy atom. The summed E-state index contributed by atoms with van der Waals surface area (Å²) in [5, 5.41) is 7.12. The van der Waals surface area contributed by atoms with Crippen molar-refractivity contribution in [3.05, 3.63) is 88.2 Å². The van der Waals surface area contributed by atoms with Crippen molar-refractivity contribution in [3.8, 4) is 11.5 Å². The van der Waals surface area contributed by atoms with E-state index in [1.54, 1.807) is 24.3 Å². The molecule has 0 saturated carbocycles. The fraction of sp³-hybridized carbons (Fsp3) is 0.259. The quantitative estimate of drug-likeness (QED) is 0.464. The maximum absolute atomic E-state index is 13.1. The Kier molecular flexibility index (Phi) is 6.80. The number of fused-ring (bicyclic) bond motifs is 2. The third-order valence-electron chi connectivity index (χ3n) is 6.11. The van der Waals surface area contributed by atoms with Crippen LogP contribution in [0.2, 0.25) is 5.02 Å². The Morgan fingerprint density at radius 2 is 1.56 bits per heavy atom. The summed E-state index contributed by atoms with van der Waals surface area (Å²) in [6.07, 6.45) is 0.560. The van der Waals surface area contributed by atoms with E-state index in [0.717, 1.165) is 11.1 Å². The first kappa shape index (κ1) is 24.1. The van der Waals surface area contributed by atoms with Gasteiger partial charge in [-0.3, -0.25) is 9.59 Å². The van der Waals surface area contributed by atoms with Gasteiger partial charge >= 0.3 is 11.9 Å². The zero-order chi connectivity index (χ0) is 25.1. The molecule has 0 atom stereocenters. The Hall–Kier alpha value is -3.62. The molecule has 5 rings (SSSR count). The number of benzene rings is 3. The van der Waals surface area contributed by atoms with Gasteiger partial charge in [0.2, 0.25) is 0 Å². The number of hydrogen-bond acceptors (Lipinski definition) is 7. The van der Waals surface area contributed by atoms with Gasteiger partial charge in [-0.2, -0.15) is 0 Å². The summed E-state index contributed by atoms with van der Waals surface area (Å²) in [4.78, 5) is 24.6. The lowest BCUT2D eigenvalue weighted by molar-refractivity contribution is -0.225. The van der Waals surface area contributed by atoms with Crippen LogP contribution in [-0.4, -0.2) is 25.0 Å². The van der Waals surface area contributed by atoms with Crippen LogP contribution in [0, 0.1) is 5.82 Å². The average molecular weight is 511 g/mol. The standard InChI is InChI=1S/C27H24ClFN2O5/c28-23-10-9-22-21(13-14-30-16-27(22)35-24(32)11-12-25(33)36-27)26(23)31-15-17-1-5-19(6-2-17)34-20-7-3-18(29)4-8-20/h1-10,30-31H,11-16H2. The van der Waals surface area contributed by atoms with Crippen molar-refractivity contribution >= 4 is 29.2 Å². The summed E-state index contributed by atoms with van der Waals surface area (Å²) in [5.74, 6) is -1.65. The van der Waals surface area contributed by atoms with E-state index in [9.17, 15) is 14.0 Å². The monoisotopic (exact) mass is 510 g/mol. The molecule has 0 amide bonds. The van der Waals surface area contributed by atoms with Crippen LogP contribution in [0.1, 0.15) is 29.5 Å². The number of ether oxygens (including phenoxy) is 3. The summed E-state index contributed by atoms with van der Waals surface area (Å²) >= 11 is 6.58. The van der Waals surface area contributed by atoms with Crippen molar-refractivity contribution < 1.29 is 28.2 Å². The number of esters is 2. The third-order valence-corrected chi connectivity index (χ3v) is 6.43. The molecule has 2 aliphatic rings. The topological polar surface area (TPSA) is 85.9 Å². The maximum atomic E-state index is 13.1. The van der Waals surface area contributed by atoms with Gasteiger partial charge in [-0.1, -0.05) is 23.7 Å². The maximum Gasteiger partial charge on any atom is 0.309 e. The van der Waals surface area contributed by atoms with Crippen molar-refractivity contribution in [2.45, 2.75) is 31.6 Å². The van der Waals surface area contributed by atoms with E-state index in [-0.39, 0.29) is 25.2 Å². The van der Waals surface area contributed by atoms with Gasteiger partial charge in [0, 0.05) is 12.1 Å². The molecule has 2 aliphatic heterocycles. The van der Waals surface area contributed by atoms with E-state index in [2.05, 4.69) is 10.6 Å². The van der Waals surface area contributed by atoms with Crippen molar-refractivity contribution in [2.24, 2.45) is 0 Å². The lowest BCUT2D eigenvalue weighted by Crippen LogP contribution is -2.43. The highest BCUT2D eigenvalue weighted by atomic mass is 35.5. The van der Waals surface area contributed by atoms with Gasteiger partial charge in [-0.15, -0.1) is 0 Å². The minimum Gasteiger partial charge on any atom is -0.457 e. The Morgan fingerprint density at radius 1 is 0.917 bits per heavy atom. The lowest BCUT2D eigenvalue weighted by Gasteiger charge is -2.32. The summed E-state index contributed by atoms with van der Waals surface area (Å²) in [5.41, 5.74) is 3.10. The molecule has 3 aromatic rings. The van der Waals surface area contributed by atoms with Crippen LogP contribution < -0.4 is 15.4 Å². The minimum atomic E-state index is -1.53. The number of carbonyl (C=O) groups excluding carboxylic acids is 2. The fourth-order valence-corrected chi connectivity index (χ4v) is 4.61. The SMILES string of the molecule is O=C1CCC(=O)OC2(CNCCc3c2ccc(Cl)c3NCc2ccc(Oc3ccc(F)cc3)cc2)O1. The van der Waals surface area contributed by atoms with Crippen molar-refractivity contribution in [3.63, 3.8) is 0 Å². The number of carbonyl (C=O) groups is 2. The van der Waals surface area contributed by atoms with Gasteiger partial charge < -0.3 is 24.8 Å². The van der Waals surface area contributed by atoms with Crippen LogP contribution in [-0.2, 0) is 37.8 Å². The second-order valence-corrected chi connectivity index (χ2v) is 9.04. The molecule has 0 aromatic heterocycles. The molecule has 36 heavy (non-hydrogen) atoms. The molecule has 0 bridgehead atoms. The van der Waals surface area contributed by atoms with Gasteiger partial charge in [-0.05, 0) is 72.6 Å². The Balaban J connectivity index is 1.37. The lowest BCUT2D eigenvalue weighted by atomic mass is 9.96. The molecule has 0 unspecified atom stereocenters. The van der Waals surface area contributed by atoms with Gasteiger partial charge in [0.15, 0.2) is 0 Å². The molecule has 7 nitrogen and oxygen atoms in total. The zero-order valence-electron chi connectivity index (χ0n) is 19.3. The van der Waals surface area contributed by atoms with E-state index >= 15 is 0 Å². The van der Waals surface area contributed by atoms with Crippen molar-refractivity contribution in [1.82, 2.24) is 5.32 Å². The highest BCUT2D eigenvalue weighted by Gasteiger charge is 2.45. The normalized spacial score (nSPS) is 16.8. The highest BCUT2D eigenvalue weighted by Crippen LogP contribution is 2.40. The first-order valence-corrected chi connectivity index (χ1v) is 12.0. The van der Waals surface area contributed by atoms with E-state index in [1.807, 2.05) is 24.3 Å². The number of nitrogens with one attached hydrogen (secondary N) is 2. The minimum absolute atomic E-state index is 0.0184. The number of anilines is 1. The van der Waals surface area contributed by atoms with Gasteiger partial charge in [0.25, 0.3) is 5.79 Å². The molecule has 1 spiro atoms. The highest BCUT2D eigenvalue weighted by molar-refractivity contribution is 6.33. The molecule has 1 saturated heterocycles. The summed E-state index contributed by atoms with van der Waals surface area (Å²) in [6.45, 7) is 1.22. The van der Waals surface area contributed by atoms with Gasteiger partial charge in [0.05, 0.1) is 30.1 Å². The molecule has 2 heterocycles. The molecule has 186 valence electrons. The van der Waals surface area contributed by atoms with E-state index in [1.165, 1.54) is 12.1 Å². The van der Waals surface area contributed by atoms with E-state index in [0.29, 0.717) is 47.3 Å². The van der Waals surface area contributed by atoms with Crippen molar-refractivity contribution in [2.75, 3.05) is 18.4 Å². The average Bonchev–Trinajstić information content (AvgIpc) is 3.13. The van der Waals surface area contributed by atoms with E-state index < -0.39 is 17.7 Å². The molecule has 9 heteroatoms. The van der Waals surface area contributed by atoms with Crippen LogP contribution in [0.3, 0.4) is 0 Å². The predicted molar refractivity (Wildman–Crippen MR) is 131 cm³/mol. The molecule has 0 radical (unpaired) electrons. The largest absolute Gasteiger partial charge is 0.457 e.